The van der Waals surface area contributed by atoms with Crippen molar-refractivity contribution < 1.29 is 28.5 Å². The minimum Gasteiger partial charge on any atom is -0.497 e. The molecule has 3 rings (SSSR count). The summed E-state index contributed by atoms with van der Waals surface area (Å²) in [5.74, 6) is 0.515. The molecule has 1 unspecified atom stereocenters. The molecule has 1 aliphatic heterocycles. The molecule has 0 radical (unpaired) electrons. The number of carbonyl (C=O) groups excluding carboxylic acids is 1. The summed E-state index contributed by atoms with van der Waals surface area (Å²) in [5, 5.41) is 9.68. The molecule has 0 bridgehead atoms. The smallest absolute Gasteiger partial charge is 0.231 e. The highest BCUT2D eigenvalue weighted by Crippen LogP contribution is 2.51. The quantitative estimate of drug-likeness (QED) is 0.736. The number of carbonyl (C=O) groups is 1. The zero-order valence-electron chi connectivity index (χ0n) is 14.6. The number of Topliss-reactive ketones (excluding diaryl/α,β-unsaturated/α-hetero) is 1. The average Bonchev–Trinajstić information content (AvgIpc) is 3.15. The summed E-state index contributed by atoms with van der Waals surface area (Å²) >= 11 is 0. The Hall–Kier alpha value is -3.40. The largest absolute Gasteiger partial charge is 0.497 e. The van der Waals surface area contributed by atoms with Crippen molar-refractivity contribution in [3.05, 3.63) is 41.5 Å². The number of ketones is 1. The Balaban J connectivity index is 2.07. The van der Waals surface area contributed by atoms with Crippen LogP contribution in [0.3, 0.4) is 0 Å². The molecule has 0 saturated heterocycles. The van der Waals surface area contributed by atoms with Gasteiger partial charge < -0.3 is 23.7 Å². The van der Waals surface area contributed by atoms with Crippen molar-refractivity contribution >= 4 is 5.78 Å². The molecular weight excluding hydrogens is 338 g/mol. The molecule has 0 saturated carbocycles. The van der Waals surface area contributed by atoms with E-state index >= 15 is 0 Å². The highest BCUT2D eigenvalue weighted by atomic mass is 16.7. The third-order valence-corrected chi connectivity index (χ3v) is 4.09. The zero-order valence-corrected chi connectivity index (χ0v) is 14.6. The SMILES string of the molecule is COc1ccc(C(=O)C(C#N)c2cc3c(c(OC)c2OC)OCO3)cc1. The molecule has 0 fully saturated rings. The van der Waals surface area contributed by atoms with E-state index in [1.165, 1.54) is 14.2 Å². The molecule has 0 aliphatic carbocycles. The predicted octanol–water partition coefficient (Wildman–Crippen LogP) is 2.93. The molecule has 7 nitrogen and oxygen atoms in total. The van der Waals surface area contributed by atoms with Crippen molar-refractivity contribution in [1.29, 1.82) is 5.26 Å². The van der Waals surface area contributed by atoms with Crippen molar-refractivity contribution in [2.45, 2.75) is 5.92 Å². The molecule has 134 valence electrons. The van der Waals surface area contributed by atoms with Crippen molar-refractivity contribution in [2.24, 2.45) is 0 Å². The summed E-state index contributed by atoms with van der Waals surface area (Å²) in [7, 11) is 4.44. The van der Waals surface area contributed by atoms with Crippen molar-refractivity contribution in [1.82, 2.24) is 0 Å². The molecule has 1 aliphatic rings. The van der Waals surface area contributed by atoms with Crippen LogP contribution in [0.15, 0.2) is 30.3 Å². The van der Waals surface area contributed by atoms with Gasteiger partial charge in [0.15, 0.2) is 17.3 Å². The predicted molar refractivity (Wildman–Crippen MR) is 91.3 cm³/mol. The fraction of sp³-hybridized carbons (Fsp3) is 0.263. The molecular formula is C19H17NO6. The molecule has 1 atom stereocenters. The van der Waals surface area contributed by atoms with E-state index in [4.69, 9.17) is 23.7 Å². The number of ether oxygens (including phenoxy) is 5. The van der Waals surface area contributed by atoms with E-state index < -0.39 is 5.92 Å². The van der Waals surface area contributed by atoms with Crippen LogP contribution < -0.4 is 23.7 Å². The Labute approximate surface area is 150 Å². The van der Waals surface area contributed by atoms with Crippen LogP contribution >= 0.6 is 0 Å². The first-order valence-corrected chi connectivity index (χ1v) is 7.77. The summed E-state index contributed by atoms with van der Waals surface area (Å²) in [5.41, 5.74) is 0.743. The molecule has 0 amide bonds. The van der Waals surface area contributed by atoms with Gasteiger partial charge in [-0.3, -0.25) is 4.79 Å². The monoisotopic (exact) mass is 355 g/mol. The number of rotatable bonds is 6. The number of hydrogen-bond donors (Lipinski definition) is 0. The van der Waals surface area contributed by atoms with Crippen molar-refractivity contribution in [2.75, 3.05) is 28.1 Å². The van der Waals surface area contributed by atoms with Gasteiger partial charge in [-0.05, 0) is 30.3 Å². The van der Waals surface area contributed by atoms with Gasteiger partial charge in [-0.2, -0.15) is 5.26 Å². The maximum Gasteiger partial charge on any atom is 0.231 e. The Morgan fingerprint density at radius 3 is 2.35 bits per heavy atom. The maximum atomic E-state index is 12.9. The van der Waals surface area contributed by atoms with Crippen LogP contribution in [0.25, 0.3) is 0 Å². The lowest BCUT2D eigenvalue weighted by Gasteiger charge is -2.17. The fourth-order valence-electron chi connectivity index (χ4n) is 2.82. The molecule has 7 heteroatoms. The van der Waals surface area contributed by atoms with Crippen LogP contribution in [-0.2, 0) is 0 Å². The molecule has 0 aromatic heterocycles. The van der Waals surface area contributed by atoms with Crippen LogP contribution in [-0.4, -0.2) is 33.9 Å². The third kappa shape index (κ3) is 2.86. The van der Waals surface area contributed by atoms with Gasteiger partial charge in [0.2, 0.25) is 18.3 Å². The Morgan fingerprint density at radius 2 is 1.77 bits per heavy atom. The highest BCUT2D eigenvalue weighted by molar-refractivity contribution is 6.03. The molecule has 2 aromatic carbocycles. The van der Waals surface area contributed by atoms with Gasteiger partial charge in [0.05, 0.1) is 27.4 Å². The van der Waals surface area contributed by atoms with E-state index in [1.807, 2.05) is 6.07 Å². The lowest BCUT2D eigenvalue weighted by atomic mass is 9.90. The second-order valence-corrected chi connectivity index (χ2v) is 5.42. The van der Waals surface area contributed by atoms with E-state index in [0.29, 0.717) is 34.1 Å². The van der Waals surface area contributed by atoms with Gasteiger partial charge in [-0.1, -0.05) is 0 Å². The minimum absolute atomic E-state index is 0.0297. The Kier molecular flexibility index (Phi) is 4.85. The van der Waals surface area contributed by atoms with E-state index in [9.17, 15) is 10.1 Å². The number of benzene rings is 2. The van der Waals surface area contributed by atoms with Crippen LogP contribution in [0.5, 0.6) is 28.7 Å². The molecule has 2 aromatic rings. The topological polar surface area (TPSA) is 87.0 Å². The first-order valence-electron chi connectivity index (χ1n) is 7.77. The molecule has 0 N–H and O–H groups in total. The van der Waals surface area contributed by atoms with Crippen LogP contribution in [0.1, 0.15) is 21.8 Å². The zero-order chi connectivity index (χ0) is 18.7. The average molecular weight is 355 g/mol. The number of nitrogens with zero attached hydrogens (tertiary/aromatic N) is 1. The van der Waals surface area contributed by atoms with E-state index in [1.54, 1.807) is 37.4 Å². The molecule has 1 heterocycles. The molecule has 26 heavy (non-hydrogen) atoms. The van der Waals surface area contributed by atoms with Gasteiger partial charge in [0, 0.05) is 11.1 Å². The van der Waals surface area contributed by atoms with E-state index in [2.05, 4.69) is 0 Å². The first-order chi connectivity index (χ1) is 12.6. The van der Waals surface area contributed by atoms with Crippen LogP contribution in [0.4, 0.5) is 0 Å². The number of fused-ring (bicyclic) bond motifs is 1. The van der Waals surface area contributed by atoms with Crippen molar-refractivity contribution in [3.63, 3.8) is 0 Å². The van der Waals surface area contributed by atoms with Crippen LogP contribution in [0, 0.1) is 11.3 Å². The van der Waals surface area contributed by atoms with Gasteiger partial charge >= 0.3 is 0 Å². The lowest BCUT2D eigenvalue weighted by Crippen LogP contribution is -2.13. The second-order valence-electron chi connectivity index (χ2n) is 5.42. The fourth-order valence-corrected chi connectivity index (χ4v) is 2.82. The van der Waals surface area contributed by atoms with Gasteiger partial charge in [-0.25, -0.2) is 0 Å². The summed E-state index contributed by atoms with van der Waals surface area (Å²) in [6, 6.07) is 10.2. The van der Waals surface area contributed by atoms with Crippen molar-refractivity contribution in [3.8, 4) is 34.8 Å². The summed E-state index contributed by atoms with van der Waals surface area (Å²) in [4.78, 5) is 12.9. The van der Waals surface area contributed by atoms with Gasteiger partial charge in [-0.15, -0.1) is 0 Å². The maximum absolute atomic E-state index is 12.9. The number of methoxy groups -OCH3 is 3. The van der Waals surface area contributed by atoms with Gasteiger partial charge in [0.25, 0.3) is 0 Å². The number of nitriles is 1. The Bertz CT molecular complexity index is 869. The third-order valence-electron chi connectivity index (χ3n) is 4.09. The summed E-state index contributed by atoms with van der Waals surface area (Å²) in [6.07, 6.45) is 0. The Morgan fingerprint density at radius 1 is 1.08 bits per heavy atom. The minimum atomic E-state index is -1.10. The second kappa shape index (κ2) is 7.23. The van der Waals surface area contributed by atoms with E-state index in [0.717, 1.165) is 0 Å². The summed E-state index contributed by atoms with van der Waals surface area (Å²) in [6.45, 7) is 0.0297. The normalized spacial score (nSPS) is 12.8. The number of hydrogen-bond acceptors (Lipinski definition) is 7. The van der Waals surface area contributed by atoms with Crippen LogP contribution in [0.2, 0.25) is 0 Å². The van der Waals surface area contributed by atoms with Gasteiger partial charge in [0.1, 0.15) is 11.7 Å². The standard InChI is InChI=1S/C19H17NO6/c1-22-12-6-4-11(5-7-12)16(21)14(9-20)13-8-15-18(26-10-25-15)19(24-3)17(13)23-2/h4-8,14H,10H2,1-3H3. The summed E-state index contributed by atoms with van der Waals surface area (Å²) < 4.78 is 26.7. The highest BCUT2D eigenvalue weighted by Gasteiger charge is 2.32. The van der Waals surface area contributed by atoms with E-state index in [-0.39, 0.29) is 18.3 Å². The lowest BCUT2D eigenvalue weighted by molar-refractivity contribution is 0.0977. The first kappa shape index (κ1) is 17.4. The molecule has 0 spiro atoms.